The van der Waals surface area contributed by atoms with Crippen LogP contribution in [0.15, 0.2) is 36.7 Å². The minimum Gasteiger partial charge on any atom is -0.317 e. The first-order valence-corrected chi connectivity index (χ1v) is 7.44. The Bertz CT molecular complexity index is 492. The van der Waals surface area contributed by atoms with E-state index in [1.54, 1.807) is 6.33 Å². The molecule has 1 heterocycles. The van der Waals surface area contributed by atoms with Crippen molar-refractivity contribution in [2.75, 3.05) is 13.1 Å². The molecule has 1 N–H and O–H groups in total. The third-order valence-corrected chi connectivity index (χ3v) is 3.52. The molecule has 2 rings (SSSR count). The van der Waals surface area contributed by atoms with Crippen LogP contribution in [0, 0.1) is 5.92 Å². The van der Waals surface area contributed by atoms with Crippen LogP contribution in [0.1, 0.15) is 25.2 Å². The number of hydrogen-bond acceptors (Lipinski definition) is 3. The van der Waals surface area contributed by atoms with Crippen LogP contribution in [0.2, 0.25) is 0 Å². The first-order valence-electron chi connectivity index (χ1n) is 7.44. The first kappa shape index (κ1) is 14.7. The van der Waals surface area contributed by atoms with Gasteiger partial charge in [0.15, 0.2) is 0 Å². The number of benzene rings is 1. The number of nitrogens with one attached hydrogen (secondary N) is 1. The number of hydrogen-bond donors (Lipinski definition) is 1. The fourth-order valence-corrected chi connectivity index (χ4v) is 2.48. The normalized spacial score (nSPS) is 12.5. The third-order valence-electron chi connectivity index (χ3n) is 3.52. The summed E-state index contributed by atoms with van der Waals surface area (Å²) in [5.41, 5.74) is 1.39. The average Bonchev–Trinajstić information content (AvgIpc) is 2.93. The molecule has 1 aromatic heterocycles. The maximum atomic E-state index is 4.40. The zero-order chi connectivity index (χ0) is 14.2. The molecule has 0 amide bonds. The van der Waals surface area contributed by atoms with E-state index >= 15 is 0 Å². The van der Waals surface area contributed by atoms with Gasteiger partial charge in [0, 0.05) is 13.0 Å². The van der Waals surface area contributed by atoms with Crippen LogP contribution >= 0.6 is 0 Å². The summed E-state index contributed by atoms with van der Waals surface area (Å²) in [6, 6.07) is 10.7. The van der Waals surface area contributed by atoms with Crippen molar-refractivity contribution >= 4 is 0 Å². The van der Waals surface area contributed by atoms with E-state index in [2.05, 4.69) is 59.6 Å². The van der Waals surface area contributed by atoms with E-state index in [1.165, 1.54) is 5.56 Å². The van der Waals surface area contributed by atoms with Crippen molar-refractivity contribution in [3.8, 4) is 0 Å². The molecule has 0 saturated heterocycles. The summed E-state index contributed by atoms with van der Waals surface area (Å²) in [6.07, 6.45) is 3.70. The Balaban J connectivity index is 2.03. The Morgan fingerprint density at radius 3 is 2.65 bits per heavy atom. The molecular formula is C16H24N4. The lowest BCUT2D eigenvalue weighted by molar-refractivity contribution is 0.453. The highest BCUT2D eigenvalue weighted by Crippen LogP contribution is 2.13. The van der Waals surface area contributed by atoms with Crippen molar-refractivity contribution < 1.29 is 0 Å². The van der Waals surface area contributed by atoms with Crippen LogP contribution < -0.4 is 5.32 Å². The number of rotatable bonds is 8. The van der Waals surface area contributed by atoms with Crippen molar-refractivity contribution in [2.45, 2.75) is 33.2 Å². The molecule has 0 aliphatic rings. The van der Waals surface area contributed by atoms with Gasteiger partial charge in [0.2, 0.25) is 0 Å². The van der Waals surface area contributed by atoms with E-state index in [0.29, 0.717) is 5.92 Å². The maximum Gasteiger partial charge on any atom is 0.138 e. The fraction of sp³-hybridized carbons (Fsp3) is 0.500. The summed E-state index contributed by atoms with van der Waals surface area (Å²) in [6.45, 7) is 7.16. The minimum atomic E-state index is 0.548. The minimum absolute atomic E-state index is 0.548. The van der Waals surface area contributed by atoms with Crippen LogP contribution in [0.4, 0.5) is 0 Å². The van der Waals surface area contributed by atoms with Crippen LogP contribution in [0.25, 0.3) is 0 Å². The molecule has 1 aromatic carbocycles. The smallest absolute Gasteiger partial charge is 0.138 e. The predicted octanol–water partition coefficient (Wildman–Crippen LogP) is 2.31. The van der Waals surface area contributed by atoms with Crippen molar-refractivity contribution in [1.29, 1.82) is 0 Å². The molecule has 0 radical (unpaired) electrons. The Kier molecular flexibility index (Phi) is 5.74. The Hall–Kier alpha value is -1.68. The van der Waals surface area contributed by atoms with Gasteiger partial charge < -0.3 is 5.32 Å². The molecule has 0 fully saturated rings. The summed E-state index contributed by atoms with van der Waals surface area (Å²) in [5.74, 6) is 1.64. The van der Waals surface area contributed by atoms with Crippen LogP contribution in [0.3, 0.4) is 0 Å². The first-order chi connectivity index (χ1) is 9.83. The number of nitrogens with zero attached hydrogens (tertiary/aromatic N) is 3. The fourth-order valence-electron chi connectivity index (χ4n) is 2.48. The zero-order valence-electron chi connectivity index (χ0n) is 12.4. The second kappa shape index (κ2) is 7.80. The molecule has 1 unspecified atom stereocenters. The van der Waals surface area contributed by atoms with Gasteiger partial charge in [-0.2, -0.15) is 5.10 Å². The maximum absolute atomic E-state index is 4.40. The monoisotopic (exact) mass is 272 g/mol. The number of aryl methyl sites for hydroxylation is 1. The molecular weight excluding hydrogens is 248 g/mol. The molecule has 108 valence electrons. The van der Waals surface area contributed by atoms with E-state index in [0.717, 1.165) is 38.3 Å². The topological polar surface area (TPSA) is 42.7 Å². The quantitative estimate of drug-likeness (QED) is 0.802. The van der Waals surface area contributed by atoms with Crippen LogP contribution in [-0.2, 0) is 19.4 Å². The summed E-state index contributed by atoms with van der Waals surface area (Å²) >= 11 is 0. The largest absolute Gasteiger partial charge is 0.317 e. The highest BCUT2D eigenvalue weighted by Gasteiger charge is 2.14. The second-order valence-electron chi connectivity index (χ2n) is 5.06. The summed E-state index contributed by atoms with van der Waals surface area (Å²) in [5, 5.41) is 7.72. The Morgan fingerprint density at radius 1 is 1.15 bits per heavy atom. The van der Waals surface area contributed by atoms with Gasteiger partial charge in [-0.3, -0.25) is 4.68 Å². The van der Waals surface area contributed by atoms with Crippen LogP contribution in [-0.4, -0.2) is 27.9 Å². The second-order valence-corrected chi connectivity index (χ2v) is 5.06. The van der Waals surface area contributed by atoms with E-state index in [4.69, 9.17) is 0 Å². The van der Waals surface area contributed by atoms with E-state index < -0.39 is 0 Å². The Labute approximate surface area is 121 Å². The third kappa shape index (κ3) is 4.17. The molecule has 1 atom stereocenters. The molecule has 0 bridgehead atoms. The van der Waals surface area contributed by atoms with Gasteiger partial charge in [0.25, 0.3) is 0 Å². The average molecular weight is 272 g/mol. The van der Waals surface area contributed by atoms with Crippen molar-refractivity contribution in [1.82, 2.24) is 20.1 Å². The summed E-state index contributed by atoms with van der Waals surface area (Å²) < 4.78 is 1.99. The van der Waals surface area contributed by atoms with Gasteiger partial charge in [0.1, 0.15) is 12.2 Å². The highest BCUT2D eigenvalue weighted by atomic mass is 15.3. The van der Waals surface area contributed by atoms with E-state index in [9.17, 15) is 0 Å². The van der Waals surface area contributed by atoms with E-state index in [1.807, 2.05) is 4.68 Å². The molecule has 0 spiro atoms. The van der Waals surface area contributed by atoms with Gasteiger partial charge in [-0.25, -0.2) is 4.98 Å². The van der Waals surface area contributed by atoms with Gasteiger partial charge in [0.05, 0.1) is 0 Å². The molecule has 4 heteroatoms. The molecule has 20 heavy (non-hydrogen) atoms. The van der Waals surface area contributed by atoms with Crippen molar-refractivity contribution in [3.05, 3.63) is 48.0 Å². The Morgan fingerprint density at radius 2 is 1.95 bits per heavy atom. The molecule has 4 nitrogen and oxygen atoms in total. The summed E-state index contributed by atoms with van der Waals surface area (Å²) in [4.78, 5) is 4.40. The lowest BCUT2D eigenvalue weighted by Crippen LogP contribution is -2.26. The van der Waals surface area contributed by atoms with E-state index in [-0.39, 0.29) is 0 Å². The standard InChI is InChI=1S/C16H24N4/c1-3-17-12-15(10-14-8-6-5-7-9-14)11-16-18-13-19-20(16)4-2/h5-9,13,15,17H,3-4,10-12H2,1-2H3. The van der Waals surface area contributed by atoms with Gasteiger partial charge in [-0.1, -0.05) is 37.3 Å². The van der Waals surface area contributed by atoms with Crippen molar-refractivity contribution in [2.24, 2.45) is 5.92 Å². The highest BCUT2D eigenvalue weighted by molar-refractivity contribution is 5.15. The van der Waals surface area contributed by atoms with Crippen LogP contribution in [0.5, 0.6) is 0 Å². The zero-order valence-corrected chi connectivity index (χ0v) is 12.4. The number of aromatic nitrogens is 3. The molecule has 0 aliphatic heterocycles. The molecule has 0 aliphatic carbocycles. The van der Waals surface area contributed by atoms with Gasteiger partial charge >= 0.3 is 0 Å². The molecule has 0 saturated carbocycles. The van der Waals surface area contributed by atoms with Gasteiger partial charge in [-0.15, -0.1) is 0 Å². The lowest BCUT2D eigenvalue weighted by atomic mass is 9.95. The lowest BCUT2D eigenvalue weighted by Gasteiger charge is -2.17. The SMILES string of the molecule is CCNCC(Cc1ccccc1)Cc1ncnn1CC. The summed E-state index contributed by atoms with van der Waals surface area (Å²) in [7, 11) is 0. The van der Waals surface area contributed by atoms with Crippen molar-refractivity contribution in [3.63, 3.8) is 0 Å². The molecule has 2 aromatic rings. The predicted molar refractivity (Wildman–Crippen MR) is 81.6 cm³/mol. The van der Waals surface area contributed by atoms with Gasteiger partial charge in [-0.05, 0) is 37.9 Å².